The number of hydrogen-bond acceptors (Lipinski definition) is 7. The maximum Gasteiger partial charge on any atom is 0.231 e. The highest BCUT2D eigenvalue weighted by molar-refractivity contribution is 7.08. The average molecular weight is 343 g/mol. The van der Waals surface area contributed by atoms with Crippen molar-refractivity contribution in [3.05, 3.63) is 46.9 Å². The van der Waals surface area contributed by atoms with E-state index in [1.54, 1.807) is 34.2 Å². The molecule has 9 heteroatoms. The van der Waals surface area contributed by atoms with Gasteiger partial charge in [0.15, 0.2) is 11.5 Å². The number of fused-ring (bicyclic) bond motifs is 1. The minimum Gasteiger partial charge on any atom is -0.454 e. The van der Waals surface area contributed by atoms with Gasteiger partial charge in [-0.2, -0.15) is 11.3 Å². The normalized spacial score (nSPS) is 13.7. The molecule has 8 nitrogen and oxygen atoms in total. The molecule has 3 heterocycles. The van der Waals surface area contributed by atoms with Crippen molar-refractivity contribution in [3.8, 4) is 11.5 Å². The number of aromatic nitrogens is 4. The summed E-state index contributed by atoms with van der Waals surface area (Å²) in [5, 5.41) is 18.1. The number of anilines is 1. The molecule has 0 saturated carbocycles. The SMILES string of the molecule is O=C(C[C@H](c1ccsc1)n1cnnn1)Nc1ccc2c(c1)OCO2. The van der Waals surface area contributed by atoms with Crippen LogP contribution in [-0.4, -0.2) is 32.9 Å². The third kappa shape index (κ3) is 2.93. The third-order valence-electron chi connectivity index (χ3n) is 3.65. The van der Waals surface area contributed by atoms with Gasteiger partial charge in [-0.15, -0.1) is 5.10 Å². The van der Waals surface area contributed by atoms with Gasteiger partial charge in [-0.25, -0.2) is 4.68 Å². The predicted molar refractivity (Wildman–Crippen MR) is 86.1 cm³/mol. The Morgan fingerprint density at radius 3 is 3.04 bits per heavy atom. The average Bonchev–Trinajstić information content (AvgIpc) is 3.33. The number of ether oxygens (including phenoxy) is 2. The smallest absolute Gasteiger partial charge is 0.231 e. The number of nitrogens with one attached hydrogen (secondary N) is 1. The van der Waals surface area contributed by atoms with E-state index in [0.717, 1.165) is 5.56 Å². The first-order chi connectivity index (χ1) is 11.8. The summed E-state index contributed by atoms with van der Waals surface area (Å²) in [7, 11) is 0. The van der Waals surface area contributed by atoms with Crippen LogP contribution in [0.3, 0.4) is 0 Å². The fourth-order valence-corrected chi connectivity index (χ4v) is 3.21. The van der Waals surface area contributed by atoms with Crippen molar-refractivity contribution in [1.82, 2.24) is 20.2 Å². The van der Waals surface area contributed by atoms with E-state index in [1.165, 1.54) is 6.33 Å². The summed E-state index contributed by atoms with van der Waals surface area (Å²) >= 11 is 1.57. The molecule has 0 radical (unpaired) electrons. The Morgan fingerprint density at radius 2 is 2.25 bits per heavy atom. The summed E-state index contributed by atoms with van der Waals surface area (Å²) in [5.41, 5.74) is 1.65. The van der Waals surface area contributed by atoms with Crippen LogP contribution in [0, 0.1) is 0 Å². The lowest BCUT2D eigenvalue weighted by Crippen LogP contribution is -2.20. The van der Waals surface area contributed by atoms with E-state index in [2.05, 4.69) is 20.8 Å². The van der Waals surface area contributed by atoms with Crippen LogP contribution >= 0.6 is 11.3 Å². The fourth-order valence-electron chi connectivity index (χ4n) is 2.50. The number of carbonyl (C=O) groups excluding carboxylic acids is 1. The molecule has 0 aliphatic carbocycles. The topological polar surface area (TPSA) is 91.2 Å². The maximum atomic E-state index is 12.5. The van der Waals surface area contributed by atoms with Gasteiger partial charge in [0.2, 0.25) is 12.7 Å². The molecule has 1 N–H and O–H groups in total. The fraction of sp³-hybridized carbons (Fsp3) is 0.200. The van der Waals surface area contributed by atoms with E-state index in [9.17, 15) is 4.79 Å². The number of rotatable bonds is 5. The molecule has 0 spiro atoms. The molecule has 1 aromatic carbocycles. The second kappa shape index (κ2) is 6.28. The molecule has 0 saturated heterocycles. The van der Waals surface area contributed by atoms with Gasteiger partial charge in [0.1, 0.15) is 6.33 Å². The molecule has 1 amide bonds. The molecule has 1 aliphatic rings. The summed E-state index contributed by atoms with van der Waals surface area (Å²) in [4.78, 5) is 12.5. The van der Waals surface area contributed by atoms with E-state index in [0.29, 0.717) is 17.2 Å². The van der Waals surface area contributed by atoms with Gasteiger partial charge >= 0.3 is 0 Å². The highest BCUT2D eigenvalue weighted by atomic mass is 32.1. The van der Waals surface area contributed by atoms with Gasteiger partial charge in [0.05, 0.1) is 12.5 Å². The molecular formula is C15H13N5O3S. The van der Waals surface area contributed by atoms with Gasteiger partial charge in [-0.05, 0) is 44.9 Å². The lowest BCUT2D eigenvalue weighted by molar-refractivity contribution is -0.116. The summed E-state index contributed by atoms with van der Waals surface area (Å²) in [6, 6.07) is 7.01. The van der Waals surface area contributed by atoms with Crippen LogP contribution in [0.25, 0.3) is 0 Å². The summed E-state index contributed by atoms with van der Waals surface area (Å²) < 4.78 is 12.2. The van der Waals surface area contributed by atoms with Crippen LogP contribution in [-0.2, 0) is 4.79 Å². The molecule has 0 fully saturated rings. The van der Waals surface area contributed by atoms with Crippen LogP contribution in [0.15, 0.2) is 41.4 Å². The lowest BCUT2D eigenvalue weighted by atomic mass is 10.1. The molecule has 4 rings (SSSR count). The number of tetrazole rings is 1. The van der Waals surface area contributed by atoms with Crippen molar-refractivity contribution in [3.63, 3.8) is 0 Å². The molecule has 1 atom stereocenters. The van der Waals surface area contributed by atoms with Crippen LogP contribution in [0.5, 0.6) is 11.5 Å². The Hall–Kier alpha value is -2.94. The number of carbonyl (C=O) groups is 1. The van der Waals surface area contributed by atoms with Crippen molar-refractivity contribution in [2.75, 3.05) is 12.1 Å². The van der Waals surface area contributed by atoms with Gasteiger partial charge in [0, 0.05) is 11.8 Å². The van der Waals surface area contributed by atoms with Gasteiger partial charge in [-0.3, -0.25) is 4.79 Å². The lowest BCUT2D eigenvalue weighted by Gasteiger charge is -2.15. The van der Waals surface area contributed by atoms with E-state index in [4.69, 9.17) is 9.47 Å². The third-order valence-corrected chi connectivity index (χ3v) is 4.35. The van der Waals surface area contributed by atoms with E-state index in [1.807, 2.05) is 16.8 Å². The first kappa shape index (κ1) is 14.6. The van der Waals surface area contributed by atoms with Crippen LogP contribution in [0.1, 0.15) is 18.0 Å². The van der Waals surface area contributed by atoms with E-state index < -0.39 is 0 Å². The zero-order valence-corrected chi connectivity index (χ0v) is 13.3. The zero-order valence-electron chi connectivity index (χ0n) is 12.5. The Labute approximate surface area is 141 Å². The number of nitrogens with zero attached hydrogens (tertiary/aromatic N) is 4. The van der Waals surface area contributed by atoms with Gasteiger partial charge in [0.25, 0.3) is 0 Å². The molecule has 0 bridgehead atoms. The number of thiophene rings is 1. The second-order valence-electron chi connectivity index (χ2n) is 5.18. The largest absolute Gasteiger partial charge is 0.454 e. The minimum atomic E-state index is -0.250. The van der Waals surface area contributed by atoms with Crippen LogP contribution in [0.4, 0.5) is 5.69 Å². The van der Waals surface area contributed by atoms with Crippen molar-refractivity contribution < 1.29 is 14.3 Å². The van der Waals surface area contributed by atoms with Gasteiger partial charge < -0.3 is 14.8 Å². The molecule has 1 aliphatic heterocycles. The molecule has 2 aromatic heterocycles. The Morgan fingerprint density at radius 1 is 1.33 bits per heavy atom. The molecule has 0 unspecified atom stereocenters. The van der Waals surface area contributed by atoms with Gasteiger partial charge in [-0.1, -0.05) is 0 Å². The summed E-state index contributed by atoms with van der Waals surface area (Å²) in [5.74, 6) is 1.17. The van der Waals surface area contributed by atoms with Crippen LogP contribution < -0.4 is 14.8 Å². The zero-order chi connectivity index (χ0) is 16.4. The Kier molecular flexibility index (Phi) is 3.83. The molecule has 3 aromatic rings. The minimum absolute atomic E-state index is 0.138. The van der Waals surface area contributed by atoms with Crippen LogP contribution in [0.2, 0.25) is 0 Å². The first-order valence-electron chi connectivity index (χ1n) is 7.23. The summed E-state index contributed by atoms with van der Waals surface area (Å²) in [6.45, 7) is 0.201. The Bertz CT molecular complexity index is 801. The van der Waals surface area contributed by atoms with Crippen molar-refractivity contribution in [2.24, 2.45) is 0 Å². The predicted octanol–water partition coefficient (Wildman–Crippen LogP) is 2.08. The summed E-state index contributed by atoms with van der Waals surface area (Å²) in [6.07, 6.45) is 1.73. The van der Waals surface area contributed by atoms with Crippen molar-refractivity contribution in [1.29, 1.82) is 0 Å². The molecule has 122 valence electrons. The number of amides is 1. The van der Waals surface area contributed by atoms with E-state index in [-0.39, 0.29) is 25.2 Å². The van der Waals surface area contributed by atoms with E-state index >= 15 is 0 Å². The highest BCUT2D eigenvalue weighted by Crippen LogP contribution is 2.34. The van der Waals surface area contributed by atoms with Crippen molar-refractivity contribution in [2.45, 2.75) is 12.5 Å². The standard InChI is InChI=1S/C15H13N5O3S/c21-15(17-11-1-2-13-14(5-11)23-9-22-13)6-12(10-3-4-24-7-10)20-8-16-18-19-20/h1-5,7-8,12H,6,9H2,(H,17,21)/t12-/m1/s1. The monoisotopic (exact) mass is 343 g/mol. The maximum absolute atomic E-state index is 12.5. The number of benzene rings is 1. The quantitative estimate of drug-likeness (QED) is 0.763. The number of hydrogen-bond donors (Lipinski definition) is 1. The molecule has 24 heavy (non-hydrogen) atoms. The first-order valence-corrected chi connectivity index (χ1v) is 8.18. The molecular weight excluding hydrogens is 330 g/mol. The second-order valence-corrected chi connectivity index (χ2v) is 5.96. The Balaban J connectivity index is 1.49. The van der Waals surface area contributed by atoms with Crippen molar-refractivity contribution >= 4 is 22.9 Å². The highest BCUT2D eigenvalue weighted by Gasteiger charge is 2.20.